The van der Waals surface area contributed by atoms with Gasteiger partial charge in [-0.25, -0.2) is 0 Å². The monoisotopic (exact) mass is 388 g/mol. The number of methoxy groups -OCH3 is 1. The maximum absolute atomic E-state index is 12.3. The van der Waals surface area contributed by atoms with Crippen LogP contribution in [0.1, 0.15) is 59.9 Å². The van der Waals surface area contributed by atoms with Crippen molar-refractivity contribution in [2.75, 3.05) is 19.9 Å². The summed E-state index contributed by atoms with van der Waals surface area (Å²) in [6.45, 7) is 1.19. The predicted octanol–water partition coefficient (Wildman–Crippen LogP) is 3.62. The van der Waals surface area contributed by atoms with Crippen molar-refractivity contribution in [3.63, 3.8) is 0 Å². The second-order valence-electron chi connectivity index (χ2n) is 6.90. The van der Waals surface area contributed by atoms with E-state index < -0.39 is 0 Å². The van der Waals surface area contributed by atoms with Gasteiger partial charge in [-0.15, -0.1) is 10.2 Å². The molecular weight excluding hydrogens is 360 g/mol. The predicted molar refractivity (Wildman–Crippen MR) is 107 cm³/mol. The fraction of sp³-hybridized carbons (Fsp3) is 0.550. The number of hydrogen-bond donors (Lipinski definition) is 1. The molecule has 1 aromatic heterocycles. The Bertz CT molecular complexity index is 739. The molecule has 0 radical (unpaired) electrons. The summed E-state index contributed by atoms with van der Waals surface area (Å²) in [7, 11) is 1.66. The number of rotatable bonds is 9. The number of thioether (sulfide) groups is 1. The third-order valence-electron chi connectivity index (χ3n) is 5.00. The number of hydrogen-bond acceptors (Lipinski definition) is 5. The highest BCUT2D eigenvalue weighted by atomic mass is 32.2. The van der Waals surface area contributed by atoms with Crippen LogP contribution >= 0.6 is 11.8 Å². The number of carbonyl (C=O) groups excluding carboxylic acids is 1. The van der Waals surface area contributed by atoms with Gasteiger partial charge in [-0.1, -0.05) is 36.7 Å². The normalized spacial score (nSPS) is 14.6. The lowest BCUT2D eigenvalue weighted by molar-refractivity contribution is 0.0953. The Morgan fingerprint density at radius 3 is 2.67 bits per heavy atom. The van der Waals surface area contributed by atoms with Gasteiger partial charge in [0, 0.05) is 31.7 Å². The average Bonchev–Trinajstić information content (AvgIpc) is 3.35. The highest BCUT2D eigenvalue weighted by Crippen LogP contribution is 2.33. The van der Waals surface area contributed by atoms with Gasteiger partial charge in [0.05, 0.1) is 6.61 Å². The van der Waals surface area contributed by atoms with Crippen LogP contribution in [0.2, 0.25) is 0 Å². The van der Waals surface area contributed by atoms with Crippen LogP contribution in [0.3, 0.4) is 0 Å². The highest BCUT2D eigenvalue weighted by Gasteiger charge is 2.23. The minimum atomic E-state index is -0.0407. The molecule has 0 saturated heterocycles. The Morgan fingerprint density at radius 1 is 1.26 bits per heavy atom. The minimum absolute atomic E-state index is 0.0407. The zero-order valence-electron chi connectivity index (χ0n) is 16.1. The van der Waals surface area contributed by atoms with E-state index in [1.54, 1.807) is 18.9 Å². The number of ether oxygens (including phenoxy) is 1. The SMILES string of the molecule is COCc1ccc(C(=O)NCCCc2nnc(SC)n2C2CCCC2)cc1. The Kier molecular flexibility index (Phi) is 7.29. The third kappa shape index (κ3) is 5.11. The van der Waals surface area contributed by atoms with E-state index in [0.717, 1.165) is 29.4 Å². The summed E-state index contributed by atoms with van der Waals surface area (Å²) >= 11 is 1.66. The van der Waals surface area contributed by atoms with E-state index in [0.29, 0.717) is 24.8 Å². The van der Waals surface area contributed by atoms with Gasteiger partial charge in [-0.2, -0.15) is 0 Å². The Balaban J connectivity index is 1.50. The van der Waals surface area contributed by atoms with Gasteiger partial charge in [0.2, 0.25) is 0 Å². The molecule has 1 fully saturated rings. The summed E-state index contributed by atoms with van der Waals surface area (Å²) in [6, 6.07) is 8.06. The van der Waals surface area contributed by atoms with Crippen molar-refractivity contribution in [2.24, 2.45) is 0 Å². The fourth-order valence-electron chi connectivity index (χ4n) is 3.62. The maximum atomic E-state index is 12.3. The molecule has 146 valence electrons. The zero-order chi connectivity index (χ0) is 19.1. The van der Waals surface area contributed by atoms with Crippen molar-refractivity contribution in [2.45, 2.75) is 56.3 Å². The van der Waals surface area contributed by atoms with Crippen LogP contribution in [0.15, 0.2) is 29.4 Å². The summed E-state index contributed by atoms with van der Waals surface area (Å²) in [6.07, 6.45) is 8.74. The van der Waals surface area contributed by atoms with E-state index >= 15 is 0 Å². The molecule has 1 N–H and O–H groups in total. The summed E-state index contributed by atoms with van der Waals surface area (Å²) in [5.74, 6) is 1.01. The Hall–Kier alpha value is -1.86. The molecule has 0 unspecified atom stereocenters. The molecule has 1 amide bonds. The van der Waals surface area contributed by atoms with Crippen LogP contribution < -0.4 is 5.32 Å². The van der Waals surface area contributed by atoms with Crippen molar-refractivity contribution in [3.05, 3.63) is 41.2 Å². The molecular formula is C20H28N4O2S. The fourth-order valence-corrected chi connectivity index (χ4v) is 4.19. The molecule has 27 heavy (non-hydrogen) atoms. The smallest absolute Gasteiger partial charge is 0.251 e. The number of carbonyl (C=O) groups is 1. The number of nitrogens with one attached hydrogen (secondary N) is 1. The van der Waals surface area contributed by atoms with Gasteiger partial charge in [0.25, 0.3) is 5.91 Å². The third-order valence-corrected chi connectivity index (χ3v) is 5.64. The first-order chi connectivity index (χ1) is 13.2. The van der Waals surface area contributed by atoms with Gasteiger partial charge in [0.1, 0.15) is 5.82 Å². The number of aromatic nitrogens is 3. The van der Waals surface area contributed by atoms with Gasteiger partial charge >= 0.3 is 0 Å². The van der Waals surface area contributed by atoms with Crippen molar-refractivity contribution in [1.29, 1.82) is 0 Å². The molecule has 1 saturated carbocycles. The topological polar surface area (TPSA) is 69.0 Å². The van der Waals surface area contributed by atoms with Crippen LogP contribution in [-0.4, -0.2) is 40.6 Å². The first-order valence-electron chi connectivity index (χ1n) is 9.56. The highest BCUT2D eigenvalue weighted by molar-refractivity contribution is 7.98. The van der Waals surface area contributed by atoms with E-state index in [4.69, 9.17) is 4.74 Å². The molecule has 1 aliphatic rings. The largest absolute Gasteiger partial charge is 0.380 e. The van der Waals surface area contributed by atoms with E-state index in [-0.39, 0.29) is 5.91 Å². The zero-order valence-corrected chi connectivity index (χ0v) is 16.9. The molecule has 1 heterocycles. The van der Waals surface area contributed by atoms with Crippen LogP contribution in [-0.2, 0) is 17.8 Å². The quantitative estimate of drug-likeness (QED) is 0.525. The standard InChI is InChI=1S/C20H28N4O2S/c1-26-14-15-9-11-16(12-10-15)19(25)21-13-5-8-18-22-23-20(27-2)24(18)17-6-3-4-7-17/h9-12,17H,3-8,13-14H2,1-2H3,(H,21,25). The Morgan fingerprint density at radius 2 is 2.00 bits per heavy atom. The van der Waals surface area contributed by atoms with E-state index in [1.807, 2.05) is 24.3 Å². The van der Waals surface area contributed by atoms with Gasteiger partial charge in [0.15, 0.2) is 5.16 Å². The molecule has 3 rings (SSSR count). The summed E-state index contributed by atoms with van der Waals surface area (Å²) in [4.78, 5) is 12.3. The van der Waals surface area contributed by atoms with Gasteiger partial charge in [-0.3, -0.25) is 4.79 Å². The molecule has 0 spiro atoms. The molecule has 6 nitrogen and oxygen atoms in total. The number of benzene rings is 1. The van der Waals surface area contributed by atoms with E-state index in [9.17, 15) is 4.79 Å². The minimum Gasteiger partial charge on any atom is -0.380 e. The van der Waals surface area contributed by atoms with Crippen LogP contribution in [0.25, 0.3) is 0 Å². The lowest BCUT2D eigenvalue weighted by atomic mass is 10.1. The number of aryl methyl sites for hydroxylation is 1. The first-order valence-corrected chi connectivity index (χ1v) is 10.8. The maximum Gasteiger partial charge on any atom is 0.251 e. The van der Waals surface area contributed by atoms with Gasteiger partial charge in [-0.05, 0) is 43.2 Å². The van der Waals surface area contributed by atoms with Gasteiger partial charge < -0.3 is 14.6 Å². The number of amides is 1. The van der Waals surface area contributed by atoms with Crippen molar-refractivity contribution >= 4 is 17.7 Å². The first kappa shape index (κ1) is 19.9. The molecule has 7 heteroatoms. The molecule has 1 aliphatic carbocycles. The van der Waals surface area contributed by atoms with Crippen molar-refractivity contribution in [1.82, 2.24) is 20.1 Å². The van der Waals surface area contributed by atoms with Crippen molar-refractivity contribution < 1.29 is 9.53 Å². The molecule has 0 aliphatic heterocycles. The second kappa shape index (κ2) is 9.90. The number of nitrogens with zero attached hydrogens (tertiary/aromatic N) is 3. The summed E-state index contributed by atoms with van der Waals surface area (Å²) < 4.78 is 7.42. The lowest BCUT2D eigenvalue weighted by Crippen LogP contribution is -2.25. The molecule has 1 aromatic carbocycles. The molecule has 0 atom stereocenters. The van der Waals surface area contributed by atoms with Crippen LogP contribution in [0.4, 0.5) is 0 Å². The molecule has 0 bridgehead atoms. The van der Waals surface area contributed by atoms with Crippen molar-refractivity contribution in [3.8, 4) is 0 Å². The van der Waals surface area contributed by atoms with E-state index in [2.05, 4.69) is 26.3 Å². The molecule has 2 aromatic rings. The van der Waals surface area contributed by atoms with Crippen LogP contribution in [0, 0.1) is 0 Å². The Labute approximate surface area is 165 Å². The summed E-state index contributed by atoms with van der Waals surface area (Å²) in [5.41, 5.74) is 1.73. The average molecular weight is 389 g/mol. The van der Waals surface area contributed by atoms with Crippen LogP contribution in [0.5, 0.6) is 0 Å². The lowest BCUT2D eigenvalue weighted by Gasteiger charge is -2.16. The second-order valence-corrected chi connectivity index (χ2v) is 7.67. The van der Waals surface area contributed by atoms with E-state index in [1.165, 1.54) is 25.7 Å². The summed E-state index contributed by atoms with van der Waals surface area (Å²) in [5, 5.41) is 12.8.